The van der Waals surface area contributed by atoms with Crippen molar-refractivity contribution in [3.8, 4) is 0 Å². The van der Waals surface area contributed by atoms with Crippen LogP contribution in [0.3, 0.4) is 0 Å². The van der Waals surface area contributed by atoms with Gasteiger partial charge in [-0.25, -0.2) is 0 Å². The summed E-state index contributed by atoms with van der Waals surface area (Å²) >= 11 is 1.47. The van der Waals surface area contributed by atoms with Crippen LogP contribution < -0.4 is 10.6 Å². The van der Waals surface area contributed by atoms with Crippen molar-refractivity contribution in [1.82, 2.24) is 10.6 Å². The molecule has 5 heteroatoms. The van der Waals surface area contributed by atoms with Gasteiger partial charge in [-0.05, 0) is 36.2 Å². The van der Waals surface area contributed by atoms with Crippen LogP contribution in [0.4, 0.5) is 0 Å². The molecule has 0 aliphatic heterocycles. The zero-order valence-electron chi connectivity index (χ0n) is 13.5. The first-order valence-electron chi connectivity index (χ1n) is 7.79. The number of rotatable bonds is 7. The van der Waals surface area contributed by atoms with E-state index < -0.39 is 6.04 Å². The average molecular weight is 330 g/mol. The topological polar surface area (TPSA) is 58.2 Å². The van der Waals surface area contributed by atoms with Crippen LogP contribution in [0.15, 0.2) is 47.4 Å². The van der Waals surface area contributed by atoms with E-state index in [4.69, 9.17) is 0 Å². The van der Waals surface area contributed by atoms with Gasteiger partial charge in [0.1, 0.15) is 6.04 Å². The third-order valence-electron chi connectivity index (χ3n) is 3.41. The van der Waals surface area contributed by atoms with Crippen LogP contribution in [0.25, 0.3) is 10.8 Å². The number of fused-ring (bicyclic) bond motifs is 1. The second kappa shape index (κ2) is 8.58. The van der Waals surface area contributed by atoms with Gasteiger partial charge in [0.2, 0.25) is 11.8 Å². The molecule has 1 atom stereocenters. The SMILES string of the molecule is CCCNC(=O)[C@@H](C)NC(=O)CSc1ccc2ccccc2c1. The quantitative estimate of drug-likeness (QED) is 0.767. The standard InChI is InChI=1S/C18H22N2O2S/c1-3-10-19-18(22)13(2)20-17(21)12-23-16-9-8-14-6-4-5-7-15(14)11-16/h4-9,11,13H,3,10,12H2,1-2H3,(H,19,22)(H,20,21)/t13-/m1/s1. The van der Waals surface area contributed by atoms with Gasteiger partial charge in [-0.1, -0.05) is 37.3 Å². The highest BCUT2D eigenvalue weighted by molar-refractivity contribution is 8.00. The fraction of sp³-hybridized carbons (Fsp3) is 0.333. The van der Waals surface area contributed by atoms with Gasteiger partial charge in [-0.2, -0.15) is 0 Å². The van der Waals surface area contributed by atoms with Crippen LogP contribution in [0.1, 0.15) is 20.3 Å². The summed E-state index contributed by atoms with van der Waals surface area (Å²) in [5.74, 6) is 0.0159. The molecule has 4 nitrogen and oxygen atoms in total. The van der Waals surface area contributed by atoms with Crippen molar-refractivity contribution in [3.63, 3.8) is 0 Å². The molecule has 0 saturated carbocycles. The van der Waals surface area contributed by atoms with Crippen molar-refractivity contribution in [3.05, 3.63) is 42.5 Å². The zero-order chi connectivity index (χ0) is 16.7. The summed E-state index contributed by atoms with van der Waals surface area (Å²) in [5, 5.41) is 7.84. The molecular weight excluding hydrogens is 308 g/mol. The third kappa shape index (κ3) is 5.28. The Hall–Kier alpha value is -2.01. The maximum atomic E-state index is 12.0. The second-order valence-electron chi connectivity index (χ2n) is 5.38. The van der Waals surface area contributed by atoms with E-state index in [0.717, 1.165) is 16.7 Å². The van der Waals surface area contributed by atoms with Crippen LogP contribution in [0.2, 0.25) is 0 Å². The number of nitrogens with one attached hydrogen (secondary N) is 2. The molecule has 0 saturated heterocycles. The van der Waals surface area contributed by atoms with E-state index in [1.807, 2.05) is 25.1 Å². The first-order chi connectivity index (χ1) is 11.1. The number of carbonyl (C=O) groups excluding carboxylic acids is 2. The molecule has 23 heavy (non-hydrogen) atoms. The van der Waals surface area contributed by atoms with Crippen LogP contribution >= 0.6 is 11.8 Å². The molecule has 2 N–H and O–H groups in total. The normalized spacial score (nSPS) is 11.9. The first-order valence-corrected chi connectivity index (χ1v) is 8.77. The van der Waals surface area contributed by atoms with E-state index >= 15 is 0 Å². The predicted molar refractivity (Wildman–Crippen MR) is 95.6 cm³/mol. The molecule has 2 aromatic rings. The molecule has 2 aromatic carbocycles. The lowest BCUT2D eigenvalue weighted by atomic mass is 10.1. The zero-order valence-corrected chi connectivity index (χ0v) is 14.3. The Morgan fingerprint density at radius 1 is 1.13 bits per heavy atom. The van der Waals surface area contributed by atoms with Crippen LogP contribution in [-0.2, 0) is 9.59 Å². The minimum absolute atomic E-state index is 0.137. The highest BCUT2D eigenvalue weighted by Crippen LogP contribution is 2.23. The monoisotopic (exact) mass is 330 g/mol. The lowest BCUT2D eigenvalue weighted by Crippen LogP contribution is -2.45. The van der Waals surface area contributed by atoms with Gasteiger partial charge in [0, 0.05) is 11.4 Å². The highest BCUT2D eigenvalue weighted by Gasteiger charge is 2.14. The van der Waals surface area contributed by atoms with Crippen molar-refractivity contribution < 1.29 is 9.59 Å². The summed E-state index contributed by atoms with van der Waals surface area (Å²) in [6.45, 7) is 4.32. The number of carbonyl (C=O) groups is 2. The minimum Gasteiger partial charge on any atom is -0.354 e. The van der Waals surface area contributed by atoms with Crippen LogP contribution in [0.5, 0.6) is 0 Å². The summed E-state index contributed by atoms with van der Waals surface area (Å²) in [5.41, 5.74) is 0. The van der Waals surface area contributed by atoms with E-state index in [1.165, 1.54) is 17.1 Å². The van der Waals surface area contributed by atoms with Gasteiger partial charge in [-0.3, -0.25) is 9.59 Å². The van der Waals surface area contributed by atoms with Gasteiger partial charge in [0.15, 0.2) is 0 Å². The highest BCUT2D eigenvalue weighted by atomic mass is 32.2. The largest absolute Gasteiger partial charge is 0.354 e. The van der Waals surface area contributed by atoms with E-state index in [2.05, 4.69) is 34.9 Å². The van der Waals surface area contributed by atoms with Gasteiger partial charge in [-0.15, -0.1) is 11.8 Å². The fourth-order valence-corrected chi connectivity index (χ4v) is 2.91. The van der Waals surface area contributed by atoms with E-state index in [0.29, 0.717) is 12.3 Å². The van der Waals surface area contributed by atoms with Crippen LogP contribution in [-0.4, -0.2) is 30.2 Å². The van der Waals surface area contributed by atoms with Gasteiger partial charge >= 0.3 is 0 Å². The van der Waals surface area contributed by atoms with Crippen molar-refractivity contribution in [2.75, 3.05) is 12.3 Å². The fourth-order valence-electron chi connectivity index (χ4n) is 2.16. The summed E-state index contributed by atoms with van der Waals surface area (Å²) in [6, 6.07) is 13.8. The summed E-state index contributed by atoms with van der Waals surface area (Å²) in [6.07, 6.45) is 0.879. The Bertz CT molecular complexity index is 688. The molecule has 0 aliphatic carbocycles. The number of amides is 2. The van der Waals surface area contributed by atoms with Crippen LogP contribution in [0, 0.1) is 0 Å². The number of benzene rings is 2. The molecule has 0 spiro atoms. The van der Waals surface area contributed by atoms with Crippen molar-refractivity contribution in [2.24, 2.45) is 0 Å². The Morgan fingerprint density at radius 2 is 1.87 bits per heavy atom. The minimum atomic E-state index is -0.508. The Morgan fingerprint density at radius 3 is 2.61 bits per heavy atom. The summed E-state index contributed by atoms with van der Waals surface area (Å²) < 4.78 is 0. The molecular formula is C18H22N2O2S. The van der Waals surface area contributed by atoms with E-state index in [-0.39, 0.29) is 11.8 Å². The van der Waals surface area contributed by atoms with Crippen molar-refractivity contribution in [2.45, 2.75) is 31.2 Å². The Labute approximate surface area is 141 Å². The lowest BCUT2D eigenvalue weighted by Gasteiger charge is -2.13. The second-order valence-corrected chi connectivity index (χ2v) is 6.43. The number of hydrogen-bond acceptors (Lipinski definition) is 3. The molecule has 0 unspecified atom stereocenters. The molecule has 2 rings (SSSR count). The lowest BCUT2D eigenvalue weighted by molar-refractivity contribution is -0.127. The van der Waals surface area contributed by atoms with Gasteiger partial charge in [0.25, 0.3) is 0 Å². The molecule has 0 fully saturated rings. The Kier molecular flexibility index (Phi) is 6.47. The molecule has 0 radical (unpaired) electrons. The number of thioether (sulfide) groups is 1. The first kappa shape index (κ1) is 17.3. The molecule has 2 amide bonds. The molecule has 122 valence electrons. The Balaban J connectivity index is 1.84. The van der Waals surface area contributed by atoms with Gasteiger partial charge in [0.05, 0.1) is 5.75 Å². The predicted octanol–water partition coefficient (Wildman–Crippen LogP) is 2.96. The average Bonchev–Trinajstić information content (AvgIpc) is 2.57. The summed E-state index contributed by atoms with van der Waals surface area (Å²) in [4.78, 5) is 24.7. The maximum absolute atomic E-state index is 12.0. The smallest absolute Gasteiger partial charge is 0.242 e. The maximum Gasteiger partial charge on any atom is 0.242 e. The molecule has 0 aromatic heterocycles. The third-order valence-corrected chi connectivity index (χ3v) is 4.40. The summed E-state index contributed by atoms with van der Waals surface area (Å²) in [7, 11) is 0. The van der Waals surface area contributed by atoms with E-state index in [1.54, 1.807) is 6.92 Å². The van der Waals surface area contributed by atoms with E-state index in [9.17, 15) is 9.59 Å². The van der Waals surface area contributed by atoms with Gasteiger partial charge < -0.3 is 10.6 Å². The molecule has 0 bridgehead atoms. The molecule has 0 heterocycles. The molecule has 0 aliphatic rings. The van der Waals surface area contributed by atoms with Crippen molar-refractivity contribution >= 4 is 34.3 Å². The van der Waals surface area contributed by atoms with Crippen molar-refractivity contribution in [1.29, 1.82) is 0 Å². The number of hydrogen-bond donors (Lipinski definition) is 2.